The second-order valence-corrected chi connectivity index (χ2v) is 7.25. The molecule has 0 saturated heterocycles. The number of nitrogens with zero attached hydrogens (tertiary/aromatic N) is 1. The van der Waals surface area contributed by atoms with E-state index in [1.165, 1.54) is 68.1 Å². The van der Waals surface area contributed by atoms with Crippen molar-refractivity contribution in [2.24, 2.45) is 0 Å². The third-order valence-corrected chi connectivity index (χ3v) is 5.07. The van der Waals surface area contributed by atoms with Crippen molar-refractivity contribution in [1.82, 2.24) is 0 Å². The largest absolute Gasteiger partial charge is 0.198 e. The molecule has 1 unspecified atom stereocenters. The zero-order valence-corrected chi connectivity index (χ0v) is 16.5. The first-order valence-electron chi connectivity index (χ1n) is 10.4. The fourth-order valence-corrected chi connectivity index (χ4v) is 3.64. The molecule has 0 saturated carbocycles. The molecule has 0 aliphatic rings. The van der Waals surface area contributed by atoms with Gasteiger partial charge in [-0.3, -0.25) is 0 Å². The molecule has 1 aromatic heterocycles. The van der Waals surface area contributed by atoms with Gasteiger partial charge in [0.1, 0.15) is 0 Å². The average molecular weight is 339 g/mol. The highest BCUT2D eigenvalue weighted by Gasteiger charge is 2.20. The fraction of sp³-hybridized carbons (Fsp3) is 0.542. The lowest BCUT2D eigenvalue weighted by Gasteiger charge is -2.13. The van der Waals surface area contributed by atoms with Crippen LogP contribution in [0, 0.1) is 0 Å². The van der Waals surface area contributed by atoms with E-state index in [1.54, 1.807) is 0 Å². The number of pyridine rings is 1. The van der Waals surface area contributed by atoms with Crippen LogP contribution >= 0.6 is 0 Å². The molecule has 1 aromatic carbocycles. The van der Waals surface area contributed by atoms with Crippen molar-refractivity contribution < 1.29 is 4.57 Å². The van der Waals surface area contributed by atoms with Crippen molar-refractivity contribution >= 4 is 0 Å². The molecule has 1 heteroatoms. The van der Waals surface area contributed by atoms with Crippen LogP contribution in [0.3, 0.4) is 0 Å². The number of rotatable bonds is 11. The number of aromatic nitrogens is 1. The number of aryl methyl sites for hydroxylation is 2. The minimum atomic E-state index is 0.442. The SMILES string of the molecule is CCCCCc1cc(CCCCC)c[n+](C(CC)c2ccccc2)c1. The third kappa shape index (κ3) is 6.30. The second-order valence-electron chi connectivity index (χ2n) is 7.25. The first kappa shape index (κ1) is 19.7. The Morgan fingerprint density at radius 3 is 1.80 bits per heavy atom. The standard InChI is InChI=1S/C24H36N/c1-4-7-10-14-21-18-22(15-11-8-5-2)20-25(19-21)24(6-3)23-16-12-9-13-17-23/h9,12-13,16-20,24H,4-8,10-11,14-15H2,1-3H3/q+1. The molecule has 2 rings (SSSR count). The molecule has 0 aliphatic heterocycles. The zero-order chi connectivity index (χ0) is 17.9. The predicted molar refractivity (Wildman–Crippen MR) is 108 cm³/mol. The van der Waals surface area contributed by atoms with Gasteiger partial charge in [-0.1, -0.05) is 76.8 Å². The van der Waals surface area contributed by atoms with Crippen molar-refractivity contribution in [1.29, 1.82) is 0 Å². The Hall–Kier alpha value is -1.63. The second kappa shape index (κ2) is 11.1. The number of benzene rings is 1. The molecule has 0 aliphatic carbocycles. The van der Waals surface area contributed by atoms with Crippen LogP contribution in [-0.2, 0) is 12.8 Å². The molecular weight excluding hydrogens is 302 g/mol. The number of unbranched alkanes of at least 4 members (excludes halogenated alkanes) is 4. The van der Waals surface area contributed by atoms with Crippen molar-refractivity contribution in [3.05, 3.63) is 65.5 Å². The van der Waals surface area contributed by atoms with E-state index in [9.17, 15) is 0 Å². The van der Waals surface area contributed by atoms with Gasteiger partial charge in [0.05, 0.1) is 0 Å². The van der Waals surface area contributed by atoms with Gasteiger partial charge in [-0.05, 0) is 31.7 Å². The monoisotopic (exact) mass is 338 g/mol. The van der Waals surface area contributed by atoms with Crippen LogP contribution in [0.1, 0.15) is 88.4 Å². The minimum absolute atomic E-state index is 0.442. The van der Waals surface area contributed by atoms with Crippen LogP contribution in [0.15, 0.2) is 48.8 Å². The van der Waals surface area contributed by atoms with E-state index in [4.69, 9.17) is 0 Å². The summed E-state index contributed by atoms with van der Waals surface area (Å²) in [4.78, 5) is 0. The van der Waals surface area contributed by atoms with Gasteiger partial charge in [0.15, 0.2) is 18.4 Å². The van der Waals surface area contributed by atoms with E-state index in [-0.39, 0.29) is 0 Å². The number of hydrogen-bond acceptors (Lipinski definition) is 0. The summed E-state index contributed by atoms with van der Waals surface area (Å²) in [5.41, 5.74) is 4.44. The van der Waals surface area contributed by atoms with Crippen LogP contribution < -0.4 is 4.57 Å². The van der Waals surface area contributed by atoms with E-state index < -0.39 is 0 Å². The molecule has 2 aromatic rings. The van der Waals surface area contributed by atoms with Gasteiger partial charge in [-0.25, -0.2) is 0 Å². The summed E-state index contributed by atoms with van der Waals surface area (Å²) >= 11 is 0. The van der Waals surface area contributed by atoms with Crippen molar-refractivity contribution in [2.45, 2.75) is 84.6 Å². The molecule has 0 N–H and O–H groups in total. The van der Waals surface area contributed by atoms with Gasteiger partial charge in [-0.2, -0.15) is 4.57 Å². The summed E-state index contributed by atoms with van der Waals surface area (Å²) in [7, 11) is 0. The van der Waals surface area contributed by atoms with E-state index in [2.05, 4.69) is 74.1 Å². The summed E-state index contributed by atoms with van der Waals surface area (Å²) in [5.74, 6) is 0. The molecule has 136 valence electrons. The van der Waals surface area contributed by atoms with Crippen molar-refractivity contribution in [2.75, 3.05) is 0 Å². The van der Waals surface area contributed by atoms with Crippen molar-refractivity contribution in [3.63, 3.8) is 0 Å². The Morgan fingerprint density at radius 1 is 0.760 bits per heavy atom. The lowest BCUT2D eigenvalue weighted by molar-refractivity contribution is -0.714. The molecule has 0 amide bonds. The Bertz CT molecular complexity index is 574. The summed E-state index contributed by atoms with van der Waals surface area (Å²) < 4.78 is 2.48. The molecule has 1 heterocycles. The van der Waals surface area contributed by atoms with E-state index in [0.717, 1.165) is 6.42 Å². The summed E-state index contributed by atoms with van der Waals surface area (Å²) in [6, 6.07) is 13.9. The summed E-state index contributed by atoms with van der Waals surface area (Å²) in [5, 5.41) is 0. The lowest BCUT2D eigenvalue weighted by Crippen LogP contribution is -2.40. The molecule has 0 fully saturated rings. The highest BCUT2D eigenvalue weighted by Crippen LogP contribution is 2.18. The van der Waals surface area contributed by atoms with Gasteiger partial charge in [-0.15, -0.1) is 0 Å². The molecule has 0 radical (unpaired) electrons. The van der Waals surface area contributed by atoms with E-state index in [0.29, 0.717) is 6.04 Å². The highest BCUT2D eigenvalue weighted by molar-refractivity contribution is 5.19. The first-order chi connectivity index (χ1) is 12.3. The topological polar surface area (TPSA) is 3.88 Å². The Labute approximate surface area is 155 Å². The first-order valence-corrected chi connectivity index (χ1v) is 10.4. The molecule has 25 heavy (non-hydrogen) atoms. The Kier molecular flexibility index (Phi) is 8.72. The molecule has 1 atom stereocenters. The molecule has 0 bridgehead atoms. The zero-order valence-electron chi connectivity index (χ0n) is 16.5. The normalized spacial score (nSPS) is 12.3. The van der Waals surface area contributed by atoms with E-state index in [1.807, 2.05) is 0 Å². The van der Waals surface area contributed by atoms with Gasteiger partial charge in [0.2, 0.25) is 0 Å². The smallest absolute Gasteiger partial charge is 0.183 e. The van der Waals surface area contributed by atoms with Crippen LogP contribution in [0.5, 0.6) is 0 Å². The average Bonchev–Trinajstić information content (AvgIpc) is 2.64. The van der Waals surface area contributed by atoms with E-state index >= 15 is 0 Å². The van der Waals surface area contributed by atoms with Crippen molar-refractivity contribution in [3.8, 4) is 0 Å². The van der Waals surface area contributed by atoms with Gasteiger partial charge >= 0.3 is 0 Å². The maximum absolute atomic E-state index is 2.48. The molecular formula is C24H36N+. The van der Waals surface area contributed by atoms with Gasteiger partial charge in [0.25, 0.3) is 0 Å². The maximum atomic E-state index is 2.48. The van der Waals surface area contributed by atoms with Crippen LogP contribution in [0.2, 0.25) is 0 Å². The molecule has 0 spiro atoms. The lowest BCUT2D eigenvalue weighted by atomic mass is 10.0. The molecule has 1 nitrogen and oxygen atoms in total. The quantitative estimate of drug-likeness (QED) is 0.328. The maximum Gasteiger partial charge on any atom is 0.183 e. The fourth-order valence-electron chi connectivity index (χ4n) is 3.64. The summed E-state index contributed by atoms with van der Waals surface area (Å²) in [6.07, 6.45) is 16.2. The van der Waals surface area contributed by atoms with Gasteiger partial charge < -0.3 is 0 Å². The van der Waals surface area contributed by atoms with Crippen LogP contribution in [-0.4, -0.2) is 0 Å². The summed E-state index contributed by atoms with van der Waals surface area (Å²) in [6.45, 7) is 6.86. The van der Waals surface area contributed by atoms with Gasteiger partial charge in [0, 0.05) is 23.1 Å². The third-order valence-electron chi connectivity index (χ3n) is 5.07. The van der Waals surface area contributed by atoms with Crippen LogP contribution in [0.4, 0.5) is 0 Å². The van der Waals surface area contributed by atoms with Crippen LogP contribution in [0.25, 0.3) is 0 Å². The number of hydrogen-bond donors (Lipinski definition) is 0. The Balaban J connectivity index is 2.26. The predicted octanol–water partition coefficient (Wildman–Crippen LogP) is 6.44. The highest BCUT2D eigenvalue weighted by atomic mass is 15.0. The Morgan fingerprint density at radius 2 is 1.32 bits per heavy atom. The minimum Gasteiger partial charge on any atom is -0.198 e.